The Hall–Kier alpha value is -1.78. The van der Waals surface area contributed by atoms with Crippen molar-refractivity contribution in [2.24, 2.45) is 0 Å². The van der Waals surface area contributed by atoms with Gasteiger partial charge in [0.1, 0.15) is 12.1 Å². The molecule has 0 heterocycles. The van der Waals surface area contributed by atoms with Gasteiger partial charge in [0.05, 0.1) is 11.0 Å². The highest BCUT2D eigenvalue weighted by atomic mass is 19.1. The van der Waals surface area contributed by atoms with Gasteiger partial charge < -0.3 is 0 Å². The molecule has 0 unspecified atom stereocenters. The topological polar surface area (TPSA) is 60.2 Å². The molecule has 0 aliphatic rings. The van der Waals surface area contributed by atoms with Crippen molar-refractivity contribution in [3.8, 4) is 0 Å². The molecule has 0 atom stereocenters. The molecule has 0 saturated heterocycles. The standard InChI is InChI=1S/C7H4FNO3/c8-6-1-5(4-10)2-7(3-6)9(11)12/h1-4H. The van der Waals surface area contributed by atoms with Crippen LogP contribution in [0.5, 0.6) is 0 Å². The number of non-ortho nitro benzene ring substituents is 1. The lowest BCUT2D eigenvalue weighted by atomic mass is 10.2. The number of benzene rings is 1. The van der Waals surface area contributed by atoms with E-state index >= 15 is 0 Å². The number of halogens is 1. The molecule has 0 spiro atoms. The molecule has 0 radical (unpaired) electrons. The van der Waals surface area contributed by atoms with Gasteiger partial charge in [0, 0.05) is 11.6 Å². The molecule has 0 N–H and O–H groups in total. The smallest absolute Gasteiger partial charge is 0.273 e. The molecular weight excluding hydrogens is 165 g/mol. The number of nitrogens with zero attached hydrogens (tertiary/aromatic N) is 1. The average Bonchev–Trinajstić information content (AvgIpc) is 2.03. The number of nitro benzene ring substituents is 1. The number of aldehydes is 1. The van der Waals surface area contributed by atoms with Gasteiger partial charge in [0.2, 0.25) is 0 Å². The van der Waals surface area contributed by atoms with Crippen LogP contribution in [0.2, 0.25) is 0 Å². The fourth-order valence-electron chi connectivity index (χ4n) is 0.770. The van der Waals surface area contributed by atoms with Crippen LogP contribution < -0.4 is 0 Å². The van der Waals surface area contributed by atoms with Crippen molar-refractivity contribution in [1.29, 1.82) is 0 Å². The second kappa shape index (κ2) is 3.08. The van der Waals surface area contributed by atoms with Crippen molar-refractivity contribution in [1.82, 2.24) is 0 Å². The first-order valence-corrected chi connectivity index (χ1v) is 3.03. The molecule has 62 valence electrons. The maximum absolute atomic E-state index is 12.5. The zero-order chi connectivity index (χ0) is 9.14. The first-order chi connectivity index (χ1) is 5.63. The SMILES string of the molecule is O=Cc1cc(F)cc([N+](=O)[O-])c1. The van der Waals surface area contributed by atoms with Crippen molar-refractivity contribution in [2.45, 2.75) is 0 Å². The van der Waals surface area contributed by atoms with Gasteiger partial charge in [-0.3, -0.25) is 14.9 Å². The summed E-state index contributed by atoms with van der Waals surface area (Å²) in [5.74, 6) is -0.786. The Morgan fingerprint density at radius 3 is 2.58 bits per heavy atom. The maximum atomic E-state index is 12.5. The molecule has 12 heavy (non-hydrogen) atoms. The molecule has 0 saturated carbocycles. The first-order valence-electron chi connectivity index (χ1n) is 3.03. The van der Waals surface area contributed by atoms with Crippen LogP contribution in [0.15, 0.2) is 18.2 Å². The number of carbonyl (C=O) groups excluding carboxylic acids is 1. The Balaban J connectivity index is 3.23. The molecular formula is C7H4FNO3. The number of rotatable bonds is 2. The third-order valence-corrected chi connectivity index (χ3v) is 1.25. The zero-order valence-electron chi connectivity index (χ0n) is 5.86. The number of hydrogen-bond donors (Lipinski definition) is 0. The molecule has 0 aliphatic carbocycles. The number of carbonyl (C=O) groups is 1. The monoisotopic (exact) mass is 169 g/mol. The van der Waals surface area contributed by atoms with E-state index in [9.17, 15) is 19.3 Å². The summed E-state index contributed by atoms with van der Waals surface area (Å²) < 4.78 is 12.5. The van der Waals surface area contributed by atoms with E-state index in [1.165, 1.54) is 0 Å². The molecule has 0 fully saturated rings. The molecule has 4 nitrogen and oxygen atoms in total. The summed E-state index contributed by atoms with van der Waals surface area (Å²) in [7, 11) is 0. The van der Waals surface area contributed by atoms with E-state index < -0.39 is 16.4 Å². The third kappa shape index (κ3) is 1.63. The highest BCUT2D eigenvalue weighted by molar-refractivity contribution is 5.76. The summed E-state index contributed by atoms with van der Waals surface area (Å²) in [5, 5.41) is 10.1. The van der Waals surface area contributed by atoms with Crippen LogP contribution in [-0.2, 0) is 0 Å². The van der Waals surface area contributed by atoms with E-state index in [1.54, 1.807) is 0 Å². The molecule has 0 bridgehead atoms. The van der Waals surface area contributed by atoms with E-state index in [4.69, 9.17) is 0 Å². The zero-order valence-corrected chi connectivity index (χ0v) is 5.86. The van der Waals surface area contributed by atoms with E-state index in [0.29, 0.717) is 6.29 Å². The Kier molecular flexibility index (Phi) is 2.14. The van der Waals surface area contributed by atoms with Crippen molar-refractivity contribution in [3.63, 3.8) is 0 Å². The minimum Gasteiger partial charge on any atom is -0.298 e. The van der Waals surface area contributed by atoms with Crippen molar-refractivity contribution in [2.75, 3.05) is 0 Å². The number of nitro groups is 1. The van der Waals surface area contributed by atoms with Gasteiger partial charge in [-0.25, -0.2) is 4.39 Å². The molecule has 1 aromatic carbocycles. The highest BCUT2D eigenvalue weighted by Gasteiger charge is 2.08. The van der Waals surface area contributed by atoms with Crippen LogP contribution in [0.1, 0.15) is 10.4 Å². The summed E-state index contributed by atoms with van der Waals surface area (Å²) >= 11 is 0. The van der Waals surface area contributed by atoms with Crippen LogP contribution in [0.3, 0.4) is 0 Å². The molecule has 1 rings (SSSR count). The lowest BCUT2D eigenvalue weighted by Gasteiger charge is -1.92. The molecule has 0 aliphatic heterocycles. The minimum atomic E-state index is -0.786. The Morgan fingerprint density at radius 2 is 2.08 bits per heavy atom. The quantitative estimate of drug-likeness (QED) is 0.383. The Morgan fingerprint density at radius 1 is 1.42 bits per heavy atom. The summed E-state index contributed by atoms with van der Waals surface area (Å²) in [5.41, 5.74) is -0.459. The Bertz CT molecular complexity index is 337. The van der Waals surface area contributed by atoms with Crippen LogP contribution in [0, 0.1) is 15.9 Å². The summed E-state index contributed by atoms with van der Waals surface area (Å²) in [4.78, 5) is 19.5. The van der Waals surface area contributed by atoms with Crippen molar-refractivity contribution < 1.29 is 14.1 Å². The van der Waals surface area contributed by atoms with Gasteiger partial charge in [-0.2, -0.15) is 0 Å². The fraction of sp³-hybridized carbons (Fsp3) is 0. The first kappa shape index (κ1) is 8.32. The van der Waals surface area contributed by atoms with Crippen LogP contribution in [0.25, 0.3) is 0 Å². The molecule has 0 amide bonds. The van der Waals surface area contributed by atoms with Gasteiger partial charge in [0.25, 0.3) is 5.69 Å². The normalized spacial score (nSPS) is 9.42. The predicted octanol–water partition coefficient (Wildman–Crippen LogP) is 1.55. The van der Waals surface area contributed by atoms with Gasteiger partial charge in [-0.05, 0) is 6.07 Å². The van der Waals surface area contributed by atoms with Gasteiger partial charge in [-0.1, -0.05) is 0 Å². The van der Waals surface area contributed by atoms with E-state index in [0.717, 1.165) is 18.2 Å². The highest BCUT2D eigenvalue weighted by Crippen LogP contribution is 2.14. The summed E-state index contributed by atoms with van der Waals surface area (Å²) in [6.07, 6.45) is 0.357. The third-order valence-electron chi connectivity index (χ3n) is 1.25. The van der Waals surface area contributed by atoms with Gasteiger partial charge >= 0.3 is 0 Å². The van der Waals surface area contributed by atoms with Crippen LogP contribution >= 0.6 is 0 Å². The average molecular weight is 169 g/mol. The minimum absolute atomic E-state index is 0.0401. The lowest BCUT2D eigenvalue weighted by molar-refractivity contribution is -0.385. The lowest BCUT2D eigenvalue weighted by Crippen LogP contribution is -1.91. The van der Waals surface area contributed by atoms with Crippen LogP contribution in [-0.4, -0.2) is 11.2 Å². The van der Waals surface area contributed by atoms with E-state index in [-0.39, 0.29) is 5.56 Å². The van der Waals surface area contributed by atoms with Crippen molar-refractivity contribution in [3.05, 3.63) is 39.7 Å². The second-order valence-corrected chi connectivity index (χ2v) is 2.12. The molecule has 5 heteroatoms. The Labute approximate surface area is 66.8 Å². The van der Waals surface area contributed by atoms with Gasteiger partial charge in [0.15, 0.2) is 0 Å². The molecule has 0 aromatic heterocycles. The van der Waals surface area contributed by atoms with Gasteiger partial charge in [-0.15, -0.1) is 0 Å². The second-order valence-electron chi connectivity index (χ2n) is 2.12. The van der Waals surface area contributed by atoms with Crippen molar-refractivity contribution >= 4 is 12.0 Å². The maximum Gasteiger partial charge on any atom is 0.273 e. The van der Waals surface area contributed by atoms with E-state index in [1.807, 2.05) is 0 Å². The fourth-order valence-corrected chi connectivity index (χ4v) is 0.770. The molecule has 1 aromatic rings. The predicted molar refractivity (Wildman–Crippen MR) is 38.4 cm³/mol. The largest absolute Gasteiger partial charge is 0.298 e. The summed E-state index contributed by atoms with van der Waals surface area (Å²) in [6, 6.07) is 2.70. The van der Waals surface area contributed by atoms with Crippen LogP contribution in [0.4, 0.5) is 10.1 Å². The number of hydrogen-bond acceptors (Lipinski definition) is 3. The van der Waals surface area contributed by atoms with E-state index in [2.05, 4.69) is 0 Å². The summed E-state index contributed by atoms with van der Waals surface area (Å²) in [6.45, 7) is 0.